The van der Waals surface area contributed by atoms with E-state index in [1.807, 2.05) is 6.07 Å². The van der Waals surface area contributed by atoms with E-state index in [-0.39, 0.29) is 11.4 Å². The molecule has 3 amide bonds. The lowest BCUT2D eigenvalue weighted by Gasteiger charge is -2.07. The summed E-state index contributed by atoms with van der Waals surface area (Å²) >= 11 is 6.12. The highest BCUT2D eigenvalue weighted by Gasteiger charge is 2.22. The summed E-state index contributed by atoms with van der Waals surface area (Å²) in [6.45, 7) is 0.568. The lowest BCUT2D eigenvalue weighted by atomic mass is 10.1. The van der Waals surface area contributed by atoms with Crippen LogP contribution in [0.5, 0.6) is 5.75 Å². The predicted octanol–water partition coefficient (Wildman–Crippen LogP) is 1.86. The second-order valence-electron chi connectivity index (χ2n) is 4.87. The summed E-state index contributed by atoms with van der Waals surface area (Å²) in [7, 11) is 0. The van der Waals surface area contributed by atoms with E-state index in [1.54, 1.807) is 6.07 Å². The maximum Gasteiger partial charge on any atom is 0.317 e. The van der Waals surface area contributed by atoms with Crippen LogP contribution in [0.15, 0.2) is 18.2 Å². The number of anilines is 1. The van der Waals surface area contributed by atoms with Gasteiger partial charge in [-0.2, -0.15) is 0 Å². The highest BCUT2D eigenvalue weighted by atomic mass is 35.5. The fourth-order valence-electron chi connectivity index (χ4n) is 2.49. The van der Waals surface area contributed by atoms with Gasteiger partial charge in [-0.15, -0.1) is 0 Å². The number of nitrogens with one attached hydrogen (secondary N) is 2. The second kappa shape index (κ2) is 5.27. The highest BCUT2D eigenvalue weighted by molar-refractivity contribution is 6.31. The fraction of sp³-hybridized carbons (Fsp3) is 0.143. The molecule has 2 aromatic rings. The molecule has 0 bridgehead atoms. The van der Waals surface area contributed by atoms with Gasteiger partial charge in [-0.25, -0.2) is 4.79 Å². The van der Waals surface area contributed by atoms with E-state index < -0.39 is 11.9 Å². The number of hydrogen-bond donors (Lipinski definition) is 4. The molecule has 0 radical (unpaired) electrons. The van der Waals surface area contributed by atoms with Gasteiger partial charge in [0, 0.05) is 17.0 Å². The molecule has 6 N–H and O–H groups in total. The SMILES string of the molecule is NC(=O)Nc1[nH]c(-c2cc(Cl)cc3c2OCC3)cc1C(N)=O. The molecule has 0 aliphatic carbocycles. The number of hydrogen-bond acceptors (Lipinski definition) is 3. The number of carbonyl (C=O) groups excluding carboxylic acids is 2. The van der Waals surface area contributed by atoms with E-state index in [0.717, 1.165) is 12.0 Å². The third-order valence-electron chi connectivity index (χ3n) is 3.37. The number of nitrogens with two attached hydrogens (primary N) is 2. The molecule has 0 saturated carbocycles. The summed E-state index contributed by atoms with van der Waals surface area (Å²) in [5.41, 5.74) is 12.8. The Hall–Kier alpha value is -2.67. The monoisotopic (exact) mass is 320 g/mol. The minimum atomic E-state index is -0.802. The molecule has 0 fully saturated rings. The van der Waals surface area contributed by atoms with Crippen molar-refractivity contribution in [3.63, 3.8) is 0 Å². The topological polar surface area (TPSA) is 123 Å². The summed E-state index contributed by atoms with van der Waals surface area (Å²) in [6.07, 6.45) is 0.763. The van der Waals surface area contributed by atoms with Crippen LogP contribution < -0.4 is 21.5 Å². The molecule has 3 rings (SSSR count). The maximum absolute atomic E-state index is 11.5. The number of aromatic nitrogens is 1. The zero-order valence-electron chi connectivity index (χ0n) is 11.4. The molecule has 22 heavy (non-hydrogen) atoms. The number of halogens is 1. The van der Waals surface area contributed by atoms with E-state index in [9.17, 15) is 9.59 Å². The molecular formula is C14H13ClN4O3. The summed E-state index contributed by atoms with van der Waals surface area (Å²) < 4.78 is 5.62. The van der Waals surface area contributed by atoms with E-state index in [0.29, 0.717) is 28.6 Å². The van der Waals surface area contributed by atoms with Gasteiger partial charge in [-0.1, -0.05) is 11.6 Å². The van der Waals surface area contributed by atoms with Crippen molar-refractivity contribution in [3.8, 4) is 17.0 Å². The number of benzene rings is 1. The van der Waals surface area contributed by atoms with Crippen molar-refractivity contribution in [1.29, 1.82) is 0 Å². The minimum Gasteiger partial charge on any atom is -0.492 e. The number of amides is 3. The van der Waals surface area contributed by atoms with Gasteiger partial charge < -0.3 is 21.2 Å². The third kappa shape index (κ3) is 2.46. The standard InChI is InChI=1S/C14H13ClN4O3/c15-7-3-6-1-2-22-11(6)8(4-7)10-5-9(12(16)20)13(18-10)19-14(17)21/h3-5,18H,1-2H2,(H2,16,20)(H3,17,19,21). The third-order valence-corrected chi connectivity index (χ3v) is 3.59. The normalized spacial score (nSPS) is 12.6. The van der Waals surface area contributed by atoms with Crippen molar-refractivity contribution in [3.05, 3.63) is 34.3 Å². The van der Waals surface area contributed by atoms with Crippen molar-refractivity contribution in [2.45, 2.75) is 6.42 Å². The number of carbonyl (C=O) groups is 2. The van der Waals surface area contributed by atoms with Crippen LogP contribution in [0.25, 0.3) is 11.3 Å². The molecule has 1 aliphatic rings. The maximum atomic E-state index is 11.5. The fourth-order valence-corrected chi connectivity index (χ4v) is 2.73. The Morgan fingerprint density at radius 3 is 2.73 bits per heavy atom. The van der Waals surface area contributed by atoms with Gasteiger partial charge >= 0.3 is 6.03 Å². The van der Waals surface area contributed by atoms with Crippen molar-refractivity contribution in [2.75, 3.05) is 11.9 Å². The zero-order chi connectivity index (χ0) is 15.9. The minimum absolute atomic E-state index is 0.125. The molecule has 8 heteroatoms. The largest absolute Gasteiger partial charge is 0.492 e. The van der Waals surface area contributed by atoms with Gasteiger partial charge in [-0.05, 0) is 23.8 Å². The van der Waals surface area contributed by atoms with Crippen molar-refractivity contribution >= 4 is 29.4 Å². The van der Waals surface area contributed by atoms with Gasteiger partial charge in [-0.3, -0.25) is 10.1 Å². The molecule has 0 atom stereocenters. The zero-order valence-corrected chi connectivity index (χ0v) is 12.2. The molecule has 1 aliphatic heterocycles. The number of primary amides is 2. The molecule has 114 valence electrons. The number of fused-ring (bicyclic) bond motifs is 1. The number of rotatable bonds is 3. The van der Waals surface area contributed by atoms with Gasteiger partial charge in [0.05, 0.1) is 17.9 Å². The lowest BCUT2D eigenvalue weighted by molar-refractivity contribution is 0.100. The Balaban J connectivity index is 2.13. The van der Waals surface area contributed by atoms with Crippen molar-refractivity contribution < 1.29 is 14.3 Å². The van der Waals surface area contributed by atoms with Crippen molar-refractivity contribution in [2.24, 2.45) is 11.5 Å². The van der Waals surface area contributed by atoms with Gasteiger partial charge in [0.1, 0.15) is 11.6 Å². The summed E-state index contributed by atoms with van der Waals surface area (Å²) in [6, 6.07) is 4.29. The predicted molar refractivity (Wildman–Crippen MR) is 82.2 cm³/mol. The molecule has 1 aromatic heterocycles. The average Bonchev–Trinajstić information content (AvgIpc) is 3.03. The number of H-pyrrole nitrogens is 1. The van der Waals surface area contributed by atoms with Crippen LogP contribution >= 0.6 is 11.6 Å². The smallest absolute Gasteiger partial charge is 0.317 e. The second-order valence-corrected chi connectivity index (χ2v) is 5.30. The van der Waals surface area contributed by atoms with Crippen molar-refractivity contribution in [1.82, 2.24) is 4.98 Å². The van der Waals surface area contributed by atoms with Crippen LogP contribution in [0.3, 0.4) is 0 Å². The van der Waals surface area contributed by atoms with Gasteiger partial charge in [0.25, 0.3) is 5.91 Å². The first-order valence-corrected chi connectivity index (χ1v) is 6.88. The Bertz CT molecular complexity index is 785. The van der Waals surface area contributed by atoms with Crippen LogP contribution in [0, 0.1) is 0 Å². The lowest BCUT2D eigenvalue weighted by Crippen LogP contribution is -2.22. The molecule has 1 aromatic carbocycles. The number of urea groups is 1. The Kier molecular flexibility index (Phi) is 3.42. The Morgan fingerprint density at radius 1 is 1.27 bits per heavy atom. The number of ether oxygens (including phenoxy) is 1. The molecule has 2 heterocycles. The van der Waals surface area contributed by atoms with E-state index >= 15 is 0 Å². The van der Waals surface area contributed by atoms with E-state index in [4.69, 9.17) is 27.8 Å². The van der Waals surface area contributed by atoms with Gasteiger partial charge in [0.2, 0.25) is 0 Å². The van der Waals surface area contributed by atoms with E-state index in [1.165, 1.54) is 6.07 Å². The molecule has 7 nitrogen and oxygen atoms in total. The molecule has 0 spiro atoms. The van der Waals surface area contributed by atoms with Crippen LogP contribution in [-0.2, 0) is 6.42 Å². The Labute approximate surface area is 130 Å². The van der Waals surface area contributed by atoms with Crippen LogP contribution in [0.4, 0.5) is 10.6 Å². The quantitative estimate of drug-likeness (QED) is 0.690. The highest BCUT2D eigenvalue weighted by Crippen LogP contribution is 2.40. The molecule has 0 unspecified atom stereocenters. The van der Waals surface area contributed by atoms with Gasteiger partial charge in [0.15, 0.2) is 0 Å². The summed E-state index contributed by atoms with van der Waals surface area (Å²) in [4.78, 5) is 25.4. The molecule has 0 saturated heterocycles. The van der Waals surface area contributed by atoms with E-state index in [2.05, 4.69) is 10.3 Å². The van der Waals surface area contributed by atoms with Crippen LogP contribution in [-0.4, -0.2) is 23.5 Å². The average molecular weight is 321 g/mol. The Morgan fingerprint density at radius 2 is 2.05 bits per heavy atom. The van der Waals surface area contributed by atoms with Crippen LogP contribution in [0.2, 0.25) is 5.02 Å². The first-order chi connectivity index (χ1) is 10.5. The summed E-state index contributed by atoms with van der Waals surface area (Å²) in [5, 5.41) is 2.89. The van der Waals surface area contributed by atoms with Crippen LogP contribution in [0.1, 0.15) is 15.9 Å². The first kappa shape index (κ1) is 14.3. The summed E-state index contributed by atoms with van der Waals surface area (Å²) in [5.74, 6) is 0.153. The molecular weight excluding hydrogens is 308 g/mol. The first-order valence-electron chi connectivity index (χ1n) is 6.50. The number of aromatic amines is 1.